The van der Waals surface area contributed by atoms with Crippen LogP contribution in [-0.2, 0) is 14.3 Å². The highest BCUT2D eigenvalue weighted by Crippen LogP contribution is 2.19. The van der Waals surface area contributed by atoms with E-state index < -0.39 is 55.1 Å². The van der Waals surface area contributed by atoms with E-state index in [1.807, 2.05) is 0 Å². The molecule has 10 heteroatoms. The van der Waals surface area contributed by atoms with Gasteiger partial charge in [0, 0.05) is 6.07 Å². The minimum absolute atomic E-state index is 0.0653. The molecule has 0 bridgehead atoms. The molecule has 0 saturated heterocycles. The van der Waals surface area contributed by atoms with Crippen molar-refractivity contribution in [3.05, 3.63) is 29.8 Å². The lowest BCUT2D eigenvalue weighted by Crippen LogP contribution is -2.44. The van der Waals surface area contributed by atoms with Crippen molar-refractivity contribution in [2.24, 2.45) is 0 Å². The summed E-state index contributed by atoms with van der Waals surface area (Å²) in [5.41, 5.74) is 0. The van der Waals surface area contributed by atoms with Crippen LogP contribution in [0.25, 0.3) is 0 Å². The molecule has 24 heavy (non-hydrogen) atoms. The van der Waals surface area contributed by atoms with Crippen molar-refractivity contribution in [2.75, 3.05) is 26.3 Å². The Kier molecular flexibility index (Phi) is 6.93. The van der Waals surface area contributed by atoms with E-state index in [9.17, 15) is 31.5 Å². The number of alkyl halides is 3. The molecule has 134 valence electrons. The largest absolute Gasteiger partial charge is 0.481 e. The molecule has 0 unspecified atom stereocenters. The highest BCUT2D eigenvalue weighted by molar-refractivity contribution is 5.83. The van der Waals surface area contributed by atoms with Gasteiger partial charge in [-0.1, -0.05) is 0 Å². The Balaban J connectivity index is 2.74. The van der Waals surface area contributed by atoms with E-state index in [1.54, 1.807) is 0 Å². The maximum absolute atomic E-state index is 13.3. The monoisotopic (exact) mass is 355 g/mol. The van der Waals surface area contributed by atoms with Gasteiger partial charge in [0.1, 0.15) is 18.9 Å². The minimum atomic E-state index is -4.75. The molecule has 0 fully saturated rings. The lowest BCUT2D eigenvalue weighted by atomic mass is 10.3. The number of carbonyl (C=O) groups excluding carboxylic acids is 2. The summed E-state index contributed by atoms with van der Waals surface area (Å²) in [4.78, 5) is 23.3. The number of benzene rings is 1. The standard InChI is InChI=1S/C14H14F5NO4/c1-2-23-13(22)6-20(8-14(17,18)19)12(21)7-24-11-4-3-9(15)5-10(11)16/h3-5H,2,6-8H2,1H3. The number of amides is 1. The molecule has 0 radical (unpaired) electrons. The van der Waals surface area contributed by atoms with E-state index >= 15 is 0 Å². The molecule has 0 aliphatic carbocycles. The molecular weight excluding hydrogens is 341 g/mol. The zero-order valence-corrected chi connectivity index (χ0v) is 12.5. The van der Waals surface area contributed by atoms with Gasteiger partial charge in [0.15, 0.2) is 18.2 Å². The quantitative estimate of drug-likeness (QED) is 0.556. The Hall–Kier alpha value is -2.39. The first-order chi connectivity index (χ1) is 11.1. The molecule has 0 atom stereocenters. The first-order valence-electron chi connectivity index (χ1n) is 6.70. The maximum atomic E-state index is 13.3. The number of halogens is 5. The number of nitrogens with zero attached hydrogens (tertiary/aromatic N) is 1. The van der Waals surface area contributed by atoms with Crippen molar-refractivity contribution in [2.45, 2.75) is 13.1 Å². The summed E-state index contributed by atoms with van der Waals surface area (Å²) < 4.78 is 72.8. The van der Waals surface area contributed by atoms with Crippen molar-refractivity contribution >= 4 is 11.9 Å². The molecule has 0 spiro atoms. The molecule has 1 rings (SSSR count). The van der Waals surface area contributed by atoms with Crippen LogP contribution >= 0.6 is 0 Å². The predicted octanol–water partition coefficient (Wildman–Crippen LogP) is 2.30. The molecule has 0 saturated carbocycles. The van der Waals surface area contributed by atoms with Crippen LogP contribution in [0.15, 0.2) is 18.2 Å². The molecule has 0 heterocycles. The van der Waals surface area contributed by atoms with Gasteiger partial charge < -0.3 is 14.4 Å². The molecular formula is C14H14F5NO4. The molecule has 0 aliphatic rings. The fourth-order valence-corrected chi connectivity index (χ4v) is 1.63. The summed E-state index contributed by atoms with van der Waals surface area (Å²) in [5.74, 6) is -4.73. The van der Waals surface area contributed by atoms with Crippen molar-refractivity contribution in [1.29, 1.82) is 0 Å². The number of esters is 1. The Bertz CT molecular complexity index is 591. The SMILES string of the molecule is CCOC(=O)CN(CC(F)(F)F)C(=O)COc1ccc(F)cc1F. The Labute approximate surface area is 133 Å². The summed E-state index contributed by atoms with van der Waals surface area (Å²) in [5, 5.41) is 0. The second-order valence-corrected chi connectivity index (χ2v) is 4.53. The Morgan fingerprint density at radius 3 is 2.42 bits per heavy atom. The minimum Gasteiger partial charge on any atom is -0.481 e. The zero-order chi connectivity index (χ0) is 18.3. The summed E-state index contributed by atoms with van der Waals surface area (Å²) in [7, 11) is 0. The van der Waals surface area contributed by atoms with Crippen LogP contribution < -0.4 is 4.74 Å². The summed E-state index contributed by atoms with van der Waals surface area (Å²) in [6.45, 7) is -2.20. The lowest BCUT2D eigenvalue weighted by molar-refractivity contribution is -0.168. The fraction of sp³-hybridized carbons (Fsp3) is 0.429. The van der Waals surface area contributed by atoms with Gasteiger partial charge in [0.25, 0.3) is 5.91 Å². The number of rotatable bonds is 7. The van der Waals surface area contributed by atoms with Gasteiger partial charge in [-0.25, -0.2) is 8.78 Å². The smallest absolute Gasteiger partial charge is 0.406 e. The van der Waals surface area contributed by atoms with E-state index in [4.69, 9.17) is 4.74 Å². The Morgan fingerprint density at radius 1 is 1.21 bits per heavy atom. The van der Waals surface area contributed by atoms with Crippen LogP contribution in [-0.4, -0.2) is 49.3 Å². The van der Waals surface area contributed by atoms with Gasteiger partial charge in [0.05, 0.1) is 6.61 Å². The highest BCUT2D eigenvalue weighted by atomic mass is 19.4. The first-order valence-corrected chi connectivity index (χ1v) is 6.70. The predicted molar refractivity (Wildman–Crippen MR) is 71.1 cm³/mol. The molecule has 1 aromatic carbocycles. The third-order valence-electron chi connectivity index (χ3n) is 2.59. The summed E-state index contributed by atoms with van der Waals surface area (Å²) >= 11 is 0. The summed E-state index contributed by atoms with van der Waals surface area (Å²) in [6.07, 6.45) is -4.75. The van der Waals surface area contributed by atoms with Crippen LogP contribution in [0.1, 0.15) is 6.92 Å². The number of hydrogen-bond acceptors (Lipinski definition) is 4. The molecule has 1 aromatic rings. The van der Waals surface area contributed by atoms with E-state index in [0.717, 1.165) is 12.1 Å². The van der Waals surface area contributed by atoms with E-state index in [-0.39, 0.29) is 11.5 Å². The van der Waals surface area contributed by atoms with E-state index in [2.05, 4.69) is 4.74 Å². The highest BCUT2D eigenvalue weighted by Gasteiger charge is 2.34. The molecule has 0 N–H and O–H groups in total. The van der Waals surface area contributed by atoms with Crippen LogP contribution in [0.2, 0.25) is 0 Å². The average Bonchev–Trinajstić information content (AvgIpc) is 2.44. The van der Waals surface area contributed by atoms with Crippen LogP contribution in [0.4, 0.5) is 22.0 Å². The third kappa shape index (κ3) is 6.80. The van der Waals surface area contributed by atoms with Crippen molar-refractivity contribution in [3.63, 3.8) is 0 Å². The zero-order valence-electron chi connectivity index (χ0n) is 12.5. The van der Waals surface area contributed by atoms with Gasteiger partial charge in [-0.15, -0.1) is 0 Å². The lowest BCUT2D eigenvalue weighted by Gasteiger charge is -2.23. The van der Waals surface area contributed by atoms with Gasteiger partial charge in [-0.05, 0) is 19.1 Å². The van der Waals surface area contributed by atoms with Gasteiger partial charge in [-0.3, -0.25) is 9.59 Å². The second kappa shape index (κ2) is 8.46. The first kappa shape index (κ1) is 19.7. The topological polar surface area (TPSA) is 55.8 Å². The van der Waals surface area contributed by atoms with Crippen LogP contribution in [0.3, 0.4) is 0 Å². The van der Waals surface area contributed by atoms with Gasteiger partial charge in [0.2, 0.25) is 0 Å². The normalized spacial score (nSPS) is 11.1. The number of carbonyl (C=O) groups is 2. The summed E-state index contributed by atoms with van der Waals surface area (Å²) in [6, 6.07) is 2.23. The van der Waals surface area contributed by atoms with Crippen molar-refractivity contribution in [1.82, 2.24) is 4.90 Å². The molecule has 0 aromatic heterocycles. The van der Waals surface area contributed by atoms with Crippen molar-refractivity contribution < 1.29 is 41.0 Å². The maximum Gasteiger partial charge on any atom is 0.406 e. The van der Waals surface area contributed by atoms with Gasteiger partial charge in [-0.2, -0.15) is 13.2 Å². The molecule has 1 amide bonds. The van der Waals surface area contributed by atoms with Crippen LogP contribution in [0, 0.1) is 11.6 Å². The fourth-order valence-electron chi connectivity index (χ4n) is 1.63. The Morgan fingerprint density at radius 2 is 1.88 bits per heavy atom. The second-order valence-electron chi connectivity index (χ2n) is 4.53. The van der Waals surface area contributed by atoms with E-state index in [1.165, 1.54) is 6.92 Å². The third-order valence-corrected chi connectivity index (χ3v) is 2.59. The molecule has 0 aliphatic heterocycles. The van der Waals surface area contributed by atoms with Gasteiger partial charge >= 0.3 is 12.1 Å². The molecule has 5 nitrogen and oxygen atoms in total. The van der Waals surface area contributed by atoms with Crippen molar-refractivity contribution in [3.8, 4) is 5.75 Å². The number of hydrogen-bond donors (Lipinski definition) is 0. The van der Waals surface area contributed by atoms with E-state index in [0.29, 0.717) is 6.07 Å². The number of ether oxygens (including phenoxy) is 2. The average molecular weight is 355 g/mol. The van der Waals surface area contributed by atoms with Crippen LogP contribution in [0.5, 0.6) is 5.75 Å².